The Morgan fingerprint density at radius 2 is 1.81 bits per heavy atom. The Hall–Kier alpha value is -1.51. The molecule has 0 N–H and O–H groups in total. The highest BCUT2D eigenvalue weighted by atomic mass is 15.3. The number of aryl methyl sites for hydroxylation is 1. The van der Waals surface area contributed by atoms with Gasteiger partial charge in [-0.05, 0) is 31.4 Å². The van der Waals surface area contributed by atoms with Crippen molar-refractivity contribution in [3.8, 4) is 0 Å². The molecule has 1 saturated heterocycles. The van der Waals surface area contributed by atoms with Crippen molar-refractivity contribution in [1.82, 2.24) is 9.55 Å². The van der Waals surface area contributed by atoms with Crippen molar-refractivity contribution < 1.29 is 0 Å². The number of piperidine rings is 1. The largest absolute Gasteiger partial charge is 0.342 e. The van der Waals surface area contributed by atoms with E-state index in [-0.39, 0.29) is 0 Å². The smallest absolute Gasteiger partial charge is 0.206 e. The van der Waals surface area contributed by atoms with Gasteiger partial charge < -0.3 is 9.47 Å². The third-order valence-electron chi connectivity index (χ3n) is 3.40. The predicted molar refractivity (Wildman–Crippen MR) is 66.8 cm³/mol. The Morgan fingerprint density at radius 3 is 2.56 bits per heavy atom. The number of nitrogens with zero attached hydrogens (tertiary/aromatic N) is 3. The van der Waals surface area contributed by atoms with E-state index in [1.807, 2.05) is 0 Å². The fourth-order valence-electron chi connectivity index (χ4n) is 2.51. The molecule has 0 bridgehead atoms. The van der Waals surface area contributed by atoms with Crippen LogP contribution in [0.3, 0.4) is 0 Å². The normalized spacial score (nSPS) is 16.9. The molecule has 2 aromatic rings. The minimum absolute atomic E-state index is 1.10. The highest BCUT2D eigenvalue weighted by Gasteiger charge is 2.16. The molecule has 1 aromatic heterocycles. The summed E-state index contributed by atoms with van der Waals surface area (Å²) in [6, 6.07) is 8.35. The van der Waals surface area contributed by atoms with Crippen LogP contribution in [0.15, 0.2) is 24.3 Å². The van der Waals surface area contributed by atoms with Gasteiger partial charge in [0, 0.05) is 20.1 Å². The molecule has 0 atom stereocenters. The summed E-state index contributed by atoms with van der Waals surface area (Å²) in [4.78, 5) is 7.13. The van der Waals surface area contributed by atoms with E-state index in [1.165, 1.54) is 24.8 Å². The van der Waals surface area contributed by atoms with Crippen molar-refractivity contribution in [1.29, 1.82) is 0 Å². The molecule has 0 radical (unpaired) electrons. The average molecular weight is 215 g/mol. The zero-order chi connectivity index (χ0) is 11.0. The molecule has 3 nitrogen and oxygen atoms in total. The molecule has 0 amide bonds. The van der Waals surface area contributed by atoms with Gasteiger partial charge in [0.1, 0.15) is 0 Å². The highest BCUT2D eigenvalue weighted by molar-refractivity contribution is 5.78. The van der Waals surface area contributed by atoms with Gasteiger partial charge in [0.05, 0.1) is 11.0 Å². The fourth-order valence-corrected chi connectivity index (χ4v) is 2.51. The van der Waals surface area contributed by atoms with Gasteiger partial charge in [-0.3, -0.25) is 0 Å². The first-order chi connectivity index (χ1) is 7.86. The molecule has 3 rings (SSSR count). The van der Waals surface area contributed by atoms with E-state index in [0.29, 0.717) is 0 Å². The van der Waals surface area contributed by atoms with Crippen molar-refractivity contribution in [2.45, 2.75) is 19.3 Å². The van der Waals surface area contributed by atoms with Crippen molar-refractivity contribution >= 4 is 17.0 Å². The van der Waals surface area contributed by atoms with Crippen LogP contribution >= 0.6 is 0 Å². The molecular weight excluding hydrogens is 198 g/mol. The third kappa shape index (κ3) is 1.47. The third-order valence-corrected chi connectivity index (χ3v) is 3.40. The van der Waals surface area contributed by atoms with Crippen LogP contribution < -0.4 is 4.90 Å². The van der Waals surface area contributed by atoms with Gasteiger partial charge in [0.25, 0.3) is 0 Å². The lowest BCUT2D eigenvalue weighted by Crippen LogP contribution is -2.31. The van der Waals surface area contributed by atoms with E-state index in [1.54, 1.807) is 0 Å². The lowest BCUT2D eigenvalue weighted by atomic mass is 10.1. The van der Waals surface area contributed by atoms with Gasteiger partial charge in [-0.2, -0.15) is 0 Å². The molecule has 1 aliphatic heterocycles. The number of aromatic nitrogens is 2. The van der Waals surface area contributed by atoms with Crippen LogP contribution in [0.4, 0.5) is 5.95 Å². The second-order valence-electron chi connectivity index (χ2n) is 4.51. The summed E-state index contributed by atoms with van der Waals surface area (Å²) in [7, 11) is 2.11. The Balaban J connectivity index is 2.05. The Kier molecular flexibility index (Phi) is 2.31. The molecule has 16 heavy (non-hydrogen) atoms. The van der Waals surface area contributed by atoms with Crippen LogP contribution in [0.1, 0.15) is 19.3 Å². The first-order valence-electron chi connectivity index (χ1n) is 6.03. The Bertz CT molecular complexity index is 495. The molecule has 0 aliphatic carbocycles. The van der Waals surface area contributed by atoms with Crippen molar-refractivity contribution in [2.24, 2.45) is 7.05 Å². The quantitative estimate of drug-likeness (QED) is 0.729. The maximum Gasteiger partial charge on any atom is 0.206 e. The van der Waals surface area contributed by atoms with Crippen molar-refractivity contribution in [3.05, 3.63) is 24.3 Å². The molecule has 0 spiro atoms. The predicted octanol–water partition coefficient (Wildman–Crippen LogP) is 2.56. The highest BCUT2D eigenvalue weighted by Crippen LogP contribution is 2.23. The first-order valence-corrected chi connectivity index (χ1v) is 6.03. The number of anilines is 1. The molecule has 1 aliphatic rings. The number of hydrogen-bond acceptors (Lipinski definition) is 2. The zero-order valence-electron chi connectivity index (χ0n) is 9.69. The van der Waals surface area contributed by atoms with Crippen LogP contribution in [-0.4, -0.2) is 22.6 Å². The molecular formula is C13H17N3. The number of benzene rings is 1. The molecule has 0 saturated carbocycles. The van der Waals surface area contributed by atoms with Crippen LogP contribution in [0, 0.1) is 0 Å². The van der Waals surface area contributed by atoms with Gasteiger partial charge in [0.15, 0.2) is 0 Å². The number of rotatable bonds is 1. The monoisotopic (exact) mass is 215 g/mol. The molecule has 2 heterocycles. The maximum atomic E-state index is 4.72. The van der Waals surface area contributed by atoms with E-state index in [9.17, 15) is 0 Å². The average Bonchev–Trinajstić information content (AvgIpc) is 2.69. The molecule has 1 fully saturated rings. The Morgan fingerprint density at radius 1 is 1.06 bits per heavy atom. The van der Waals surface area contributed by atoms with Crippen LogP contribution in [0.2, 0.25) is 0 Å². The molecule has 1 aromatic carbocycles. The summed E-state index contributed by atoms with van der Waals surface area (Å²) in [6.07, 6.45) is 3.95. The van der Waals surface area contributed by atoms with Crippen LogP contribution in [0.5, 0.6) is 0 Å². The fraction of sp³-hybridized carbons (Fsp3) is 0.462. The van der Waals surface area contributed by atoms with Crippen LogP contribution in [-0.2, 0) is 7.05 Å². The summed E-state index contributed by atoms with van der Waals surface area (Å²) < 4.78 is 2.21. The minimum atomic E-state index is 1.10. The number of hydrogen-bond donors (Lipinski definition) is 0. The zero-order valence-corrected chi connectivity index (χ0v) is 9.69. The summed E-state index contributed by atoms with van der Waals surface area (Å²) in [5.74, 6) is 1.13. The second-order valence-corrected chi connectivity index (χ2v) is 4.51. The van der Waals surface area contributed by atoms with E-state index >= 15 is 0 Å². The van der Waals surface area contributed by atoms with Gasteiger partial charge >= 0.3 is 0 Å². The van der Waals surface area contributed by atoms with E-state index in [2.05, 4.69) is 40.8 Å². The van der Waals surface area contributed by atoms with Gasteiger partial charge in [-0.25, -0.2) is 4.98 Å². The molecule has 84 valence electrons. The molecule has 3 heteroatoms. The summed E-state index contributed by atoms with van der Waals surface area (Å²) in [6.45, 7) is 2.30. The van der Waals surface area contributed by atoms with Gasteiger partial charge in [0.2, 0.25) is 5.95 Å². The van der Waals surface area contributed by atoms with E-state index < -0.39 is 0 Å². The van der Waals surface area contributed by atoms with Crippen molar-refractivity contribution in [3.63, 3.8) is 0 Å². The first kappa shape index (κ1) is 9.70. The topological polar surface area (TPSA) is 21.1 Å². The summed E-state index contributed by atoms with van der Waals surface area (Å²) in [5, 5.41) is 0. The van der Waals surface area contributed by atoms with Crippen molar-refractivity contribution in [2.75, 3.05) is 18.0 Å². The number of imidazole rings is 1. The lowest BCUT2D eigenvalue weighted by Gasteiger charge is -2.27. The van der Waals surface area contributed by atoms with Gasteiger partial charge in [-0.1, -0.05) is 12.1 Å². The lowest BCUT2D eigenvalue weighted by molar-refractivity contribution is 0.563. The summed E-state index contributed by atoms with van der Waals surface area (Å²) >= 11 is 0. The SMILES string of the molecule is Cn1c(N2CCCCC2)nc2ccccc21. The number of fused-ring (bicyclic) bond motifs is 1. The standard InChI is InChI=1S/C13H17N3/c1-15-12-8-4-3-7-11(12)14-13(15)16-9-5-2-6-10-16/h3-4,7-8H,2,5-6,9-10H2,1H3. The van der Waals surface area contributed by atoms with Crippen LogP contribution in [0.25, 0.3) is 11.0 Å². The maximum absolute atomic E-state index is 4.72. The minimum Gasteiger partial charge on any atom is -0.342 e. The van der Waals surface area contributed by atoms with Gasteiger partial charge in [-0.15, -0.1) is 0 Å². The second kappa shape index (κ2) is 3.81. The van der Waals surface area contributed by atoms with E-state index in [0.717, 1.165) is 24.6 Å². The number of para-hydroxylation sites is 2. The Labute approximate surface area is 95.7 Å². The molecule has 0 unspecified atom stereocenters. The summed E-state index contributed by atoms with van der Waals surface area (Å²) in [5.41, 5.74) is 2.33. The van der Waals surface area contributed by atoms with E-state index in [4.69, 9.17) is 4.98 Å².